The zero-order valence-electron chi connectivity index (χ0n) is 9.51. The summed E-state index contributed by atoms with van der Waals surface area (Å²) in [5.41, 5.74) is 0.925. The van der Waals surface area contributed by atoms with Crippen molar-refractivity contribution in [2.24, 2.45) is 5.92 Å². The quantitative estimate of drug-likeness (QED) is 0.631. The molecule has 0 aliphatic carbocycles. The molecule has 2 N–H and O–H groups in total. The van der Waals surface area contributed by atoms with Gasteiger partial charge in [-0.15, -0.1) is 0 Å². The van der Waals surface area contributed by atoms with Gasteiger partial charge in [0.15, 0.2) is 11.7 Å². The number of carboxylic acids is 2. The third-order valence-corrected chi connectivity index (χ3v) is 2.89. The Morgan fingerprint density at radius 2 is 1.78 bits per heavy atom. The van der Waals surface area contributed by atoms with Crippen LogP contribution < -0.4 is 0 Å². The lowest BCUT2D eigenvalue weighted by Gasteiger charge is -2.07. The van der Waals surface area contributed by atoms with E-state index in [9.17, 15) is 14.4 Å². The van der Waals surface area contributed by atoms with Crippen LogP contribution >= 0.6 is 11.6 Å². The van der Waals surface area contributed by atoms with Crippen molar-refractivity contribution < 1.29 is 24.6 Å². The number of aryl methyl sites for hydroxylation is 1. The molecule has 0 radical (unpaired) electrons. The van der Waals surface area contributed by atoms with Crippen LogP contribution in [0.4, 0.5) is 0 Å². The molecule has 18 heavy (non-hydrogen) atoms. The van der Waals surface area contributed by atoms with Gasteiger partial charge in [-0.25, -0.2) is 0 Å². The summed E-state index contributed by atoms with van der Waals surface area (Å²) in [5.74, 6) is -5.32. The maximum atomic E-state index is 11.8. The van der Waals surface area contributed by atoms with Gasteiger partial charge in [0.25, 0.3) is 0 Å². The van der Waals surface area contributed by atoms with Gasteiger partial charge in [0, 0.05) is 17.0 Å². The molecule has 0 bridgehead atoms. The summed E-state index contributed by atoms with van der Waals surface area (Å²) in [6, 6.07) is 4.46. The first-order valence-corrected chi connectivity index (χ1v) is 5.45. The minimum atomic E-state index is -1.73. The summed E-state index contributed by atoms with van der Waals surface area (Å²) in [6.07, 6.45) is -0.578. The van der Waals surface area contributed by atoms with Crippen LogP contribution in [0.3, 0.4) is 0 Å². The standard InChI is InChI=1S/C12H11ClO5/c1-6-4-7(2-3-9(6)13)10(14)5-8(11(15)16)12(17)18/h2-4,8H,5H2,1H3,(H,15,16)(H,17,18). The zero-order chi connectivity index (χ0) is 13.9. The molecule has 0 saturated heterocycles. The Kier molecular flexibility index (Phi) is 4.44. The molecule has 0 amide bonds. The number of benzene rings is 1. The van der Waals surface area contributed by atoms with Crippen molar-refractivity contribution in [2.75, 3.05) is 0 Å². The average Bonchev–Trinajstić information content (AvgIpc) is 2.28. The van der Waals surface area contributed by atoms with Gasteiger partial charge < -0.3 is 10.2 Å². The zero-order valence-corrected chi connectivity index (χ0v) is 10.3. The molecule has 0 atom stereocenters. The molecule has 5 nitrogen and oxygen atoms in total. The number of carbonyl (C=O) groups is 3. The third kappa shape index (κ3) is 3.30. The second-order valence-corrected chi connectivity index (χ2v) is 4.23. The Balaban J connectivity index is 2.90. The average molecular weight is 271 g/mol. The van der Waals surface area contributed by atoms with E-state index in [0.29, 0.717) is 10.6 Å². The van der Waals surface area contributed by atoms with Gasteiger partial charge >= 0.3 is 11.9 Å². The van der Waals surface area contributed by atoms with Gasteiger partial charge in [-0.05, 0) is 30.7 Å². The Labute approximate surface area is 108 Å². The van der Waals surface area contributed by atoms with Crippen LogP contribution in [0.1, 0.15) is 22.3 Å². The van der Waals surface area contributed by atoms with Crippen LogP contribution in [0.25, 0.3) is 0 Å². The summed E-state index contributed by atoms with van der Waals surface area (Å²) < 4.78 is 0. The van der Waals surface area contributed by atoms with Crippen LogP contribution in [0.5, 0.6) is 0 Å². The molecule has 96 valence electrons. The van der Waals surface area contributed by atoms with E-state index in [1.54, 1.807) is 6.92 Å². The van der Waals surface area contributed by atoms with E-state index in [1.807, 2.05) is 0 Å². The molecule has 1 aromatic carbocycles. The predicted molar refractivity (Wildman–Crippen MR) is 63.9 cm³/mol. The number of hydrogen-bond acceptors (Lipinski definition) is 3. The summed E-state index contributed by atoms with van der Waals surface area (Å²) in [7, 11) is 0. The van der Waals surface area contributed by atoms with Crippen molar-refractivity contribution in [1.29, 1.82) is 0 Å². The van der Waals surface area contributed by atoms with Gasteiger partial charge in [0.2, 0.25) is 0 Å². The molecule has 0 aliphatic rings. The van der Waals surface area contributed by atoms with Gasteiger partial charge in [0.05, 0.1) is 0 Å². The lowest BCUT2D eigenvalue weighted by molar-refractivity contribution is -0.154. The van der Waals surface area contributed by atoms with Crippen molar-refractivity contribution in [2.45, 2.75) is 13.3 Å². The van der Waals surface area contributed by atoms with Crippen LogP contribution in [-0.2, 0) is 9.59 Å². The molecule has 1 rings (SSSR count). The number of ketones is 1. The molecule has 0 fully saturated rings. The molecule has 1 aromatic rings. The van der Waals surface area contributed by atoms with Crippen molar-refractivity contribution in [3.05, 3.63) is 34.3 Å². The lowest BCUT2D eigenvalue weighted by Crippen LogP contribution is -2.26. The number of Topliss-reactive ketones (excluding diaryl/α,β-unsaturated/α-hetero) is 1. The predicted octanol–water partition coefficient (Wildman–Crippen LogP) is 2.01. The highest BCUT2D eigenvalue weighted by Crippen LogP contribution is 2.18. The molecule has 0 aliphatic heterocycles. The Morgan fingerprint density at radius 3 is 2.22 bits per heavy atom. The van der Waals surface area contributed by atoms with Crippen molar-refractivity contribution in [3.8, 4) is 0 Å². The number of carboxylic acid groups (broad SMARTS) is 2. The number of hydrogen-bond donors (Lipinski definition) is 2. The molecular weight excluding hydrogens is 260 g/mol. The number of rotatable bonds is 5. The Bertz CT molecular complexity index is 495. The fourth-order valence-electron chi connectivity index (χ4n) is 1.40. The Hall–Kier alpha value is -1.88. The minimum absolute atomic E-state index is 0.254. The van der Waals surface area contributed by atoms with E-state index < -0.39 is 30.1 Å². The summed E-state index contributed by atoms with van der Waals surface area (Å²) >= 11 is 5.79. The first kappa shape index (κ1) is 14.2. The molecule has 0 spiro atoms. The van der Waals surface area contributed by atoms with Crippen LogP contribution in [0.2, 0.25) is 5.02 Å². The van der Waals surface area contributed by atoms with Crippen molar-refractivity contribution in [3.63, 3.8) is 0 Å². The van der Waals surface area contributed by atoms with Crippen LogP contribution in [0.15, 0.2) is 18.2 Å². The number of halogens is 1. The highest BCUT2D eigenvalue weighted by Gasteiger charge is 2.29. The number of carbonyl (C=O) groups excluding carboxylic acids is 1. The SMILES string of the molecule is Cc1cc(C(=O)CC(C(=O)O)C(=O)O)ccc1Cl. The summed E-state index contributed by atoms with van der Waals surface area (Å²) in [4.78, 5) is 33.1. The van der Waals surface area contributed by atoms with E-state index in [2.05, 4.69) is 0 Å². The highest BCUT2D eigenvalue weighted by atomic mass is 35.5. The molecule has 0 aromatic heterocycles. The second kappa shape index (κ2) is 5.64. The Morgan fingerprint density at radius 1 is 1.22 bits per heavy atom. The highest BCUT2D eigenvalue weighted by molar-refractivity contribution is 6.31. The first-order valence-electron chi connectivity index (χ1n) is 5.08. The van der Waals surface area contributed by atoms with E-state index in [-0.39, 0.29) is 5.56 Å². The third-order valence-electron chi connectivity index (χ3n) is 2.47. The van der Waals surface area contributed by atoms with Crippen molar-refractivity contribution in [1.82, 2.24) is 0 Å². The normalized spacial score (nSPS) is 10.4. The molecule has 0 heterocycles. The fraction of sp³-hybridized carbons (Fsp3) is 0.250. The van der Waals surface area contributed by atoms with Crippen LogP contribution in [-0.4, -0.2) is 27.9 Å². The maximum Gasteiger partial charge on any atom is 0.318 e. The second-order valence-electron chi connectivity index (χ2n) is 3.82. The van der Waals surface area contributed by atoms with Gasteiger partial charge in [0.1, 0.15) is 0 Å². The molecule has 0 saturated carbocycles. The molecule has 6 heteroatoms. The van der Waals surface area contributed by atoms with Crippen molar-refractivity contribution >= 4 is 29.3 Å². The summed E-state index contributed by atoms with van der Waals surface area (Å²) in [6.45, 7) is 1.70. The van der Waals surface area contributed by atoms with Gasteiger partial charge in [-0.3, -0.25) is 14.4 Å². The molecular formula is C12H11ClO5. The fourth-order valence-corrected chi connectivity index (χ4v) is 1.52. The first-order chi connectivity index (χ1) is 8.32. The monoisotopic (exact) mass is 270 g/mol. The number of aliphatic carboxylic acids is 2. The van der Waals surface area contributed by atoms with E-state index in [1.165, 1.54) is 18.2 Å². The lowest BCUT2D eigenvalue weighted by atomic mass is 9.97. The van der Waals surface area contributed by atoms with E-state index >= 15 is 0 Å². The van der Waals surface area contributed by atoms with E-state index in [0.717, 1.165) is 0 Å². The summed E-state index contributed by atoms with van der Waals surface area (Å²) in [5, 5.41) is 17.9. The van der Waals surface area contributed by atoms with Gasteiger partial charge in [-0.1, -0.05) is 11.6 Å². The topological polar surface area (TPSA) is 91.7 Å². The minimum Gasteiger partial charge on any atom is -0.481 e. The van der Waals surface area contributed by atoms with Crippen LogP contribution in [0, 0.1) is 12.8 Å². The molecule has 0 unspecified atom stereocenters. The van der Waals surface area contributed by atoms with E-state index in [4.69, 9.17) is 21.8 Å². The maximum absolute atomic E-state index is 11.8. The largest absolute Gasteiger partial charge is 0.481 e. The van der Waals surface area contributed by atoms with Gasteiger partial charge in [-0.2, -0.15) is 0 Å². The smallest absolute Gasteiger partial charge is 0.318 e.